The highest BCUT2D eigenvalue weighted by Gasteiger charge is 2.44. The maximum Gasteiger partial charge on any atom is 0.0486 e. The van der Waals surface area contributed by atoms with Gasteiger partial charge in [-0.15, -0.1) is 0 Å². The van der Waals surface area contributed by atoms with Crippen molar-refractivity contribution >= 4 is 6.08 Å². The summed E-state index contributed by atoms with van der Waals surface area (Å²) in [7, 11) is 0. The van der Waals surface area contributed by atoms with Gasteiger partial charge in [-0.2, -0.15) is 0 Å². The summed E-state index contributed by atoms with van der Waals surface area (Å²) in [6.07, 6.45) is 5.64. The van der Waals surface area contributed by atoms with Crippen LogP contribution in [0, 0.1) is 5.92 Å². The second-order valence-corrected chi connectivity index (χ2v) is 7.66. The topological polar surface area (TPSA) is 0 Å². The van der Waals surface area contributed by atoms with Crippen LogP contribution in [0.3, 0.4) is 0 Å². The first-order valence-electron chi connectivity index (χ1n) is 10.2. The van der Waals surface area contributed by atoms with Crippen molar-refractivity contribution in [1.82, 2.24) is 0 Å². The fraction of sp³-hybridized carbons (Fsp3) is 0.0690. The predicted octanol–water partition coefficient (Wildman–Crippen LogP) is 6.86. The largest absolute Gasteiger partial charge is 0.0717 e. The zero-order chi connectivity index (χ0) is 19.5. The lowest BCUT2D eigenvalue weighted by atomic mass is 9.63. The molecular formula is C29H23. The van der Waals surface area contributed by atoms with Gasteiger partial charge in [-0.1, -0.05) is 127 Å². The fourth-order valence-corrected chi connectivity index (χ4v) is 4.64. The van der Waals surface area contributed by atoms with Gasteiger partial charge in [0.1, 0.15) is 0 Å². The van der Waals surface area contributed by atoms with Gasteiger partial charge in [0, 0.05) is 11.3 Å². The maximum absolute atomic E-state index is 2.42. The van der Waals surface area contributed by atoms with E-state index in [4.69, 9.17) is 0 Å². The molecular weight excluding hydrogens is 348 g/mol. The molecule has 0 fully saturated rings. The van der Waals surface area contributed by atoms with Gasteiger partial charge in [-0.3, -0.25) is 0 Å². The average Bonchev–Trinajstić information content (AvgIpc) is 3.15. The third-order valence-corrected chi connectivity index (χ3v) is 5.89. The maximum atomic E-state index is 2.42. The van der Waals surface area contributed by atoms with Crippen LogP contribution in [0.1, 0.15) is 27.8 Å². The molecule has 0 saturated heterocycles. The normalized spacial score (nSPS) is 17.4. The quantitative estimate of drug-likeness (QED) is 0.359. The number of allylic oxidation sites excluding steroid dienone is 1. The van der Waals surface area contributed by atoms with E-state index in [1.165, 1.54) is 33.7 Å². The third-order valence-electron chi connectivity index (χ3n) is 5.89. The Morgan fingerprint density at radius 2 is 1.07 bits per heavy atom. The number of benzene rings is 4. The summed E-state index contributed by atoms with van der Waals surface area (Å²) in [5, 5.41) is 0. The second-order valence-electron chi connectivity index (χ2n) is 7.66. The molecule has 0 heterocycles. The van der Waals surface area contributed by atoms with Crippen molar-refractivity contribution in [3.63, 3.8) is 0 Å². The summed E-state index contributed by atoms with van der Waals surface area (Å²) in [5.74, 6) is 1.36. The highest BCUT2D eigenvalue weighted by atomic mass is 14.5. The molecule has 0 aromatic heterocycles. The standard InChI is InChI=1S/C29H23/c1-4-12-23(13-5-1)22-29(21-20-24-14-10-11-19-27(24)29)28(25-15-6-2-7-16-25)26-17-8-3-9-18-26/h1-21H,22H2. The first-order valence-corrected chi connectivity index (χ1v) is 10.2. The van der Waals surface area contributed by atoms with Crippen LogP contribution in [0.15, 0.2) is 121 Å². The summed E-state index contributed by atoms with van der Waals surface area (Å²) >= 11 is 0. The van der Waals surface area contributed by atoms with Crippen molar-refractivity contribution in [2.75, 3.05) is 0 Å². The van der Waals surface area contributed by atoms with Crippen molar-refractivity contribution in [3.05, 3.63) is 155 Å². The van der Waals surface area contributed by atoms with Gasteiger partial charge in [-0.25, -0.2) is 0 Å². The van der Waals surface area contributed by atoms with Crippen LogP contribution in [-0.4, -0.2) is 0 Å². The van der Waals surface area contributed by atoms with Crippen LogP contribution in [0.25, 0.3) is 6.08 Å². The lowest BCUT2D eigenvalue weighted by molar-refractivity contribution is 0.589. The Balaban J connectivity index is 1.76. The fourth-order valence-electron chi connectivity index (χ4n) is 4.64. The summed E-state index contributed by atoms with van der Waals surface area (Å²) in [4.78, 5) is 0. The van der Waals surface area contributed by atoms with E-state index in [0.29, 0.717) is 0 Å². The molecule has 4 aromatic carbocycles. The molecule has 1 unspecified atom stereocenters. The van der Waals surface area contributed by atoms with E-state index in [1.54, 1.807) is 0 Å². The van der Waals surface area contributed by atoms with Gasteiger partial charge in [0.15, 0.2) is 0 Å². The molecule has 1 aliphatic rings. The highest BCUT2D eigenvalue weighted by Crippen LogP contribution is 2.50. The molecule has 0 nitrogen and oxygen atoms in total. The molecule has 0 N–H and O–H groups in total. The Bertz CT molecular complexity index is 1070. The van der Waals surface area contributed by atoms with Crippen LogP contribution in [0.2, 0.25) is 0 Å². The third kappa shape index (κ3) is 3.21. The molecule has 0 amide bonds. The Morgan fingerprint density at radius 3 is 1.69 bits per heavy atom. The molecule has 0 spiro atoms. The zero-order valence-electron chi connectivity index (χ0n) is 16.3. The lowest BCUT2D eigenvalue weighted by Gasteiger charge is -2.38. The molecule has 5 rings (SSSR count). The minimum Gasteiger partial charge on any atom is -0.0717 e. The minimum absolute atomic E-state index is 0.208. The summed E-state index contributed by atoms with van der Waals surface area (Å²) in [6.45, 7) is 0. The van der Waals surface area contributed by atoms with E-state index < -0.39 is 0 Å². The predicted molar refractivity (Wildman–Crippen MR) is 122 cm³/mol. The zero-order valence-corrected chi connectivity index (χ0v) is 16.3. The first kappa shape index (κ1) is 17.7. The lowest BCUT2D eigenvalue weighted by Crippen LogP contribution is -2.34. The Hall–Kier alpha value is -3.38. The molecule has 29 heavy (non-hydrogen) atoms. The highest BCUT2D eigenvalue weighted by molar-refractivity contribution is 5.72. The van der Waals surface area contributed by atoms with Crippen LogP contribution in [0.5, 0.6) is 0 Å². The smallest absolute Gasteiger partial charge is 0.0486 e. The first-order chi connectivity index (χ1) is 14.4. The van der Waals surface area contributed by atoms with Crippen LogP contribution >= 0.6 is 0 Å². The van der Waals surface area contributed by atoms with Crippen molar-refractivity contribution in [2.24, 2.45) is 0 Å². The molecule has 0 saturated carbocycles. The van der Waals surface area contributed by atoms with E-state index in [0.717, 1.165) is 6.42 Å². The number of hydrogen-bond acceptors (Lipinski definition) is 0. The van der Waals surface area contributed by atoms with Crippen molar-refractivity contribution < 1.29 is 0 Å². The van der Waals surface area contributed by atoms with Crippen molar-refractivity contribution in [3.8, 4) is 0 Å². The van der Waals surface area contributed by atoms with E-state index in [1.807, 2.05) is 0 Å². The van der Waals surface area contributed by atoms with Crippen LogP contribution < -0.4 is 0 Å². The SMILES string of the molecule is C1=CC(Cc2ccccc2)([C](c2ccccc2)c2ccccc2)c2ccccc21. The van der Waals surface area contributed by atoms with Gasteiger partial charge in [0.2, 0.25) is 0 Å². The minimum atomic E-state index is -0.208. The van der Waals surface area contributed by atoms with Gasteiger partial charge in [0.25, 0.3) is 0 Å². The monoisotopic (exact) mass is 371 g/mol. The molecule has 0 aliphatic heterocycles. The van der Waals surface area contributed by atoms with Gasteiger partial charge in [-0.05, 0) is 34.2 Å². The van der Waals surface area contributed by atoms with E-state index in [9.17, 15) is 0 Å². The molecule has 139 valence electrons. The summed E-state index contributed by atoms with van der Waals surface area (Å²) in [5.41, 5.74) is 6.38. The summed E-state index contributed by atoms with van der Waals surface area (Å²) in [6, 6.07) is 41.4. The van der Waals surface area contributed by atoms with Crippen LogP contribution in [-0.2, 0) is 11.8 Å². The molecule has 4 aromatic rings. The van der Waals surface area contributed by atoms with Gasteiger partial charge in [0.05, 0.1) is 0 Å². The number of fused-ring (bicyclic) bond motifs is 1. The summed E-state index contributed by atoms with van der Waals surface area (Å²) < 4.78 is 0. The molecule has 1 radical (unpaired) electrons. The average molecular weight is 372 g/mol. The van der Waals surface area contributed by atoms with Gasteiger partial charge >= 0.3 is 0 Å². The van der Waals surface area contributed by atoms with E-state index in [2.05, 4.69) is 127 Å². The Morgan fingerprint density at radius 1 is 0.552 bits per heavy atom. The molecule has 0 heteroatoms. The van der Waals surface area contributed by atoms with E-state index in [-0.39, 0.29) is 5.41 Å². The second kappa shape index (κ2) is 7.56. The molecule has 1 atom stereocenters. The van der Waals surface area contributed by atoms with Crippen molar-refractivity contribution in [2.45, 2.75) is 11.8 Å². The Kier molecular flexibility index (Phi) is 4.62. The van der Waals surface area contributed by atoms with Crippen LogP contribution in [0.4, 0.5) is 0 Å². The number of hydrogen-bond donors (Lipinski definition) is 0. The van der Waals surface area contributed by atoms with Gasteiger partial charge < -0.3 is 0 Å². The number of rotatable bonds is 5. The Labute approximate surface area is 173 Å². The molecule has 0 bridgehead atoms. The van der Waals surface area contributed by atoms with Crippen molar-refractivity contribution in [1.29, 1.82) is 0 Å². The van der Waals surface area contributed by atoms with E-state index >= 15 is 0 Å². The molecule has 1 aliphatic carbocycles.